The van der Waals surface area contributed by atoms with Crippen LogP contribution in [0.15, 0.2) is 42.5 Å². The number of piperidine rings is 1. The van der Waals surface area contributed by atoms with Crippen molar-refractivity contribution in [3.05, 3.63) is 48.0 Å². The van der Waals surface area contributed by atoms with Gasteiger partial charge in [-0.2, -0.15) is 0 Å². The standard InChI is InChI=1S/C29H42N4O7S/c1-4-6-15-33(28(36)19-29(37)40-5-2)24-10-8-23(9-11-24)32-16-13-22(14-17-32)30-20-27(35)21-7-12-26(34)25(18-21)31-41(3,38)39/h7-12,18,22,27,30-31,34-35H,4-6,13-17,19-20H2,1-3H3/t27-/m1/s1. The van der Waals surface area contributed by atoms with Gasteiger partial charge in [-0.3, -0.25) is 14.3 Å². The quantitative estimate of drug-likeness (QED) is 0.148. The smallest absolute Gasteiger partial charge is 0.315 e. The second-order valence-corrected chi connectivity index (χ2v) is 12.0. The molecule has 1 aliphatic rings. The lowest BCUT2D eigenvalue weighted by Gasteiger charge is -2.34. The molecule has 0 saturated carbocycles. The molecule has 4 N–H and O–H groups in total. The molecule has 0 unspecified atom stereocenters. The van der Waals surface area contributed by atoms with Gasteiger partial charge in [-0.25, -0.2) is 8.42 Å². The summed E-state index contributed by atoms with van der Waals surface area (Å²) in [6.45, 7) is 6.47. The molecule has 226 valence electrons. The van der Waals surface area contributed by atoms with E-state index in [0.29, 0.717) is 12.1 Å². The average molecular weight is 591 g/mol. The van der Waals surface area contributed by atoms with Crippen LogP contribution >= 0.6 is 0 Å². The first-order chi connectivity index (χ1) is 19.5. The van der Waals surface area contributed by atoms with Gasteiger partial charge < -0.3 is 30.1 Å². The van der Waals surface area contributed by atoms with Crippen molar-refractivity contribution >= 4 is 39.0 Å². The number of phenols is 1. The van der Waals surface area contributed by atoms with Crippen molar-refractivity contribution < 1.29 is 33.0 Å². The predicted octanol–water partition coefficient (Wildman–Crippen LogP) is 3.14. The fourth-order valence-electron chi connectivity index (χ4n) is 4.77. The van der Waals surface area contributed by atoms with Gasteiger partial charge in [-0.05, 0) is 68.1 Å². The highest BCUT2D eigenvalue weighted by Gasteiger charge is 2.23. The molecule has 0 aliphatic carbocycles. The van der Waals surface area contributed by atoms with E-state index < -0.39 is 22.1 Å². The van der Waals surface area contributed by atoms with Crippen molar-refractivity contribution in [2.45, 2.75) is 58.1 Å². The predicted molar refractivity (Wildman–Crippen MR) is 160 cm³/mol. The highest BCUT2D eigenvalue weighted by molar-refractivity contribution is 7.92. The van der Waals surface area contributed by atoms with E-state index in [1.165, 1.54) is 12.1 Å². The summed E-state index contributed by atoms with van der Waals surface area (Å²) < 4.78 is 30.3. The normalized spacial score (nSPS) is 14.9. The summed E-state index contributed by atoms with van der Waals surface area (Å²) in [4.78, 5) is 28.6. The molecule has 1 fully saturated rings. The second-order valence-electron chi connectivity index (χ2n) is 10.2. The minimum Gasteiger partial charge on any atom is -0.506 e. The van der Waals surface area contributed by atoms with Crippen molar-refractivity contribution in [3.8, 4) is 5.75 Å². The summed E-state index contributed by atoms with van der Waals surface area (Å²) in [5.41, 5.74) is 2.33. The van der Waals surface area contributed by atoms with Crippen LogP contribution in [0.5, 0.6) is 5.75 Å². The summed E-state index contributed by atoms with van der Waals surface area (Å²) >= 11 is 0. The van der Waals surface area contributed by atoms with Crippen LogP contribution in [0.4, 0.5) is 17.1 Å². The summed E-state index contributed by atoms with van der Waals surface area (Å²) in [5, 5.41) is 24.0. The van der Waals surface area contributed by atoms with Gasteiger partial charge in [0.15, 0.2) is 0 Å². The van der Waals surface area contributed by atoms with Crippen molar-refractivity contribution in [1.29, 1.82) is 0 Å². The maximum Gasteiger partial charge on any atom is 0.315 e. The maximum absolute atomic E-state index is 12.8. The number of benzene rings is 2. The van der Waals surface area contributed by atoms with Crippen molar-refractivity contribution in [2.75, 3.05) is 53.6 Å². The third kappa shape index (κ3) is 9.91. The highest BCUT2D eigenvalue weighted by Crippen LogP contribution is 2.28. The SMILES string of the molecule is CCCCN(C(=O)CC(=O)OCC)c1ccc(N2CCC(NC[C@@H](O)c3ccc(O)c(NS(C)(=O)=O)c3)CC2)cc1. The number of sulfonamides is 1. The van der Waals surface area contributed by atoms with Gasteiger partial charge in [0.05, 0.1) is 24.7 Å². The number of nitrogens with zero attached hydrogens (tertiary/aromatic N) is 2. The number of unbranched alkanes of at least 4 members (excludes halogenated alkanes) is 1. The summed E-state index contributed by atoms with van der Waals surface area (Å²) in [6.07, 6.45) is 3.34. The van der Waals surface area contributed by atoms with Crippen LogP contribution in [-0.2, 0) is 24.3 Å². The van der Waals surface area contributed by atoms with Gasteiger partial charge in [0.25, 0.3) is 0 Å². The third-order valence-corrected chi connectivity index (χ3v) is 7.55. The van der Waals surface area contributed by atoms with Crippen LogP contribution in [0.25, 0.3) is 0 Å². The molecule has 11 nitrogen and oxygen atoms in total. The Hall–Kier alpha value is -3.35. The number of carbonyl (C=O) groups is 2. The topological polar surface area (TPSA) is 149 Å². The number of hydrogen-bond donors (Lipinski definition) is 4. The number of aliphatic hydroxyl groups excluding tert-OH is 1. The van der Waals surface area contributed by atoms with Crippen LogP contribution in [0.3, 0.4) is 0 Å². The van der Waals surface area contributed by atoms with Crippen molar-refractivity contribution in [3.63, 3.8) is 0 Å². The molecule has 12 heteroatoms. The molecule has 1 heterocycles. The van der Waals surface area contributed by atoms with Gasteiger partial charge in [0.2, 0.25) is 15.9 Å². The van der Waals surface area contributed by atoms with Crippen LogP contribution < -0.4 is 19.8 Å². The number of esters is 1. The number of phenolic OH excluding ortho intramolecular Hbond substituents is 1. The Labute approximate surface area is 242 Å². The Bertz CT molecular complexity index is 1260. The number of aromatic hydroxyl groups is 1. The number of hydrogen-bond acceptors (Lipinski definition) is 9. The number of carbonyl (C=O) groups excluding carboxylic acids is 2. The van der Waals surface area contributed by atoms with E-state index >= 15 is 0 Å². The second kappa shape index (κ2) is 15.0. The third-order valence-electron chi connectivity index (χ3n) is 6.96. The molecule has 0 bridgehead atoms. The molecular weight excluding hydrogens is 548 g/mol. The van der Waals surface area contributed by atoms with E-state index in [-0.39, 0.29) is 43.0 Å². The molecule has 0 radical (unpaired) electrons. The Morgan fingerprint density at radius 1 is 1.12 bits per heavy atom. The van der Waals surface area contributed by atoms with Gasteiger partial charge in [0.1, 0.15) is 12.2 Å². The zero-order chi connectivity index (χ0) is 30.0. The molecular formula is C29H42N4O7S. The molecule has 1 amide bonds. The average Bonchev–Trinajstić information content (AvgIpc) is 2.93. The lowest BCUT2D eigenvalue weighted by molar-refractivity contribution is -0.145. The molecule has 0 aromatic heterocycles. The summed E-state index contributed by atoms with van der Waals surface area (Å²) in [7, 11) is -3.57. The van der Waals surface area contributed by atoms with Crippen LogP contribution in [0, 0.1) is 0 Å². The molecule has 3 rings (SSSR count). The van der Waals surface area contributed by atoms with Crippen LogP contribution in [0.2, 0.25) is 0 Å². The number of amides is 1. The minimum absolute atomic E-state index is 0.0280. The number of aliphatic hydroxyl groups is 1. The van der Waals surface area contributed by atoms with E-state index in [2.05, 4.69) is 21.9 Å². The lowest BCUT2D eigenvalue weighted by Crippen LogP contribution is -2.43. The number of ether oxygens (including phenoxy) is 1. The Balaban J connectivity index is 1.53. The molecule has 1 saturated heterocycles. The lowest BCUT2D eigenvalue weighted by atomic mass is 10.0. The summed E-state index contributed by atoms with van der Waals surface area (Å²) in [6, 6.07) is 12.4. The van der Waals surface area contributed by atoms with Gasteiger partial charge >= 0.3 is 5.97 Å². The Kier molecular flexibility index (Phi) is 11.8. The fraction of sp³-hybridized carbons (Fsp3) is 0.517. The van der Waals surface area contributed by atoms with Crippen molar-refractivity contribution in [2.24, 2.45) is 0 Å². The number of nitrogens with one attached hydrogen (secondary N) is 2. The Morgan fingerprint density at radius 3 is 2.41 bits per heavy atom. The van der Waals surface area contributed by atoms with Gasteiger partial charge in [0, 0.05) is 43.6 Å². The van der Waals surface area contributed by atoms with E-state index in [0.717, 1.165) is 56.4 Å². The molecule has 2 aromatic carbocycles. The van der Waals surface area contributed by atoms with Gasteiger partial charge in [-0.15, -0.1) is 0 Å². The molecule has 41 heavy (non-hydrogen) atoms. The monoisotopic (exact) mass is 590 g/mol. The number of anilines is 3. The van der Waals surface area contributed by atoms with Gasteiger partial charge in [-0.1, -0.05) is 19.4 Å². The molecule has 1 atom stereocenters. The van der Waals surface area contributed by atoms with E-state index in [1.807, 2.05) is 24.3 Å². The van der Waals surface area contributed by atoms with Crippen LogP contribution in [0.1, 0.15) is 57.6 Å². The fourth-order valence-corrected chi connectivity index (χ4v) is 5.33. The summed E-state index contributed by atoms with van der Waals surface area (Å²) in [5.74, 6) is -0.998. The first-order valence-corrected chi connectivity index (χ1v) is 15.9. The Morgan fingerprint density at radius 2 is 1.80 bits per heavy atom. The maximum atomic E-state index is 12.8. The number of rotatable bonds is 14. The zero-order valence-electron chi connectivity index (χ0n) is 24.0. The first kappa shape index (κ1) is 32.2. The zero-order valence-corrected chi connectivity index (χ0v) is 24.8. The van der Waals surface area contributed by atoms with Crippen molar-refractivity contribution in [1.82, 2.24) is 5.32 Å². The molecule has 2 aromatic rings. The largest absolute Gasteiger partial charge is 0.506 e. The van der Waals surface area contributed by atoms with E-state index in [1.54, 1.807) is 17.9 Å². The minimum atomic E-state index is -3.57. The van der Waals surface area contributed by atoms with E-state index in [9.17, 15) is 28.2 Å². The first-order valence-electron chi connectivity index (χ1n) is 14.0. The molecule has 0 spiro atoms. The molecule has 1 aliphatic heterocycles. The van der Waals surface area contributed by atoms with E-state index in [4.69, 9.17) is 4.74 Å². The highest BCUT2D eigenvalue weighted by atomic mass is 32.2. The van der Waals surface area contributed by atoms with Crippen LogP contribution in [-0.4, -0.2) is 75.6 Å².